The van der Waals surface area contributed by atoms with Crippen LogP contribution in [0.25, 0.3) is 0 Å². The van der Waals surface area contributed by atoms with Crippen LogP contribution in [0, 0.1) is 0 Å². The number of carbonyl (C=O) groups is 2. The van der Waals surface area contributed by atoms with Gasteiger partial charge < -0.3 is 19.9 Å². The smallest absolute Gasteiger partial charge is 0.305 e. The Labute approximate surface area is 129 Å². The fraction of sp³-hybridized carbons (Fsp3) is 0.500. The standard InChI is InChI=1S/C16H21NO5/c1-11(10-15(18)19)17-16(20)12-2-4-13(5-3-12)22-14-6-8-21-9-7-14/h2-5,11,14H,6-10H2,1H3,(H,17,20)(H,18,19). The molecule has 1 atom stereocenters. The van der Waals surface area contributed by atoms with E-state index in [4.69, 9.17) is 14.6 Å². The minimum absolute atomic E-state index is 0.101. The Hall–Kier alpha value is -2.08. The van der Waals surface area contributed by atoms with Crippen LogP contribution in [-0.2, 0) is 9.53 Å². The molecule has 0 bridgehead atoms. The van der Waals surface area contributed by atoms with Crippen molar-refractivity contribution in [2.45, 2.75) is 38.3 Å². The first-order valence-corrected chi connectivity index (χ1v) is 7.41. The van der Waals surface area contributed by atoms with Gasteiger partial charge in [-0.3, -0.25) is 9.59 Å². The molecule has 6 heteroatoms. The minimum atomic E-state index is -0.937. The molecule has 0 saturated carbocycles. The van der Waals surface area contributed by atoms with Gasteiger partial charge in [-0.25, -0.2) is 0 Å². The topological polar surface area (TPSA) is 84.9 Å². The van der Waals surface area contributed by atoms with Crippen LogP contribution in [0.4, 0.5) is 0 Å². The quantitative estimate of drug-likeness (QED) is 0.837. The number of carbonyl (C=O) groups excluding carboxylic acids is 1. The molecule has 1 aromatic rings. The number of hydrogen-bond acceptors (Lipinski definition) is 4. The lowest BCUT2D eigenvalue weighted by atomic mass is 10.1. The zero-order valence-electron chi connectivity index (χ0n) is 12.6. The maximum atomic E-state index is 12.0. The first kappa shape index (κ1) is 16.3. The highest BCUT2D eigenvalue weighted by Crippen LogP contribution is 2.18. The van der Waals surface area contributed by atoms with Crippen molar-refractivity contribution in [2.24, 2.45) is 0 Å². The lowest BCUT2D eigenvalue weighted by Crippen LogP contribution is -2.34. The largest absolute Gasteiger partial charge is 0.490 e. The summed E-state index contributed by atoms with van der Waals surface area (Å²) in [4.78, 5) is 22.6. The second kappa shape index (κ2) is 7.79. The molecule has 2 N–H and O–H groups in total. The van der Waals surface area contributed by atoms with Gasteiger partial charge in [-0.1, -0.05) is 0 Å². The molecule has 0 radical (unpaired) electrons. The fourth-order valence-electron chi connectivity index (χ4n) is 2.29. The summed E-state index contributed by atoms with van der Waals surface area (Å²) in [5.74, 6) is -0.499. The Kier molecular flexibility index (Phi) is 5.77. The summed E-state index contributed by atoms with van der Waals surface area (Å²) >= 11 is 0. The average Bonchev–Trinajstić information content (AvgIpc) is 2.48. The van der Waals surface area contributed by atoms with Gasteiger partial charge in [-0.2, -0.15) is 0 Å². The summed E-state index contributed by atoms with van der Waals surface area (Å²) in [6, 6.07) is 6.45. The van der Waals surface area contributed by atoms with Crippen molar-refractivity contribution in [3.8, 4) is 5.75 Å². The number of benzene rings is 1. The van der Waals surface area contributed by atoms with Crippen LogP contribution in [0.15, 0.2) is 24.3 Å². The highest BCUT2D eigenvalue weighted by molar-refractivity contribution is 5.94. The first-order chi connectivity index (χ1) is 10.5. The summed E-state index contributed by atoms with van der Waals surface area (Å²) in [6.45, 7) is 3.09. The Balaban J connectivity index is 1.87. The third-order valence-electron chi connectivity index (χ3n) is 3.45. The molecule has 6 nitrogen and oxygen atoms in total. The van der Waals surface area contributed by atoms with Crippen LogP contribution in [0.1, 0.15) is 36.5 Å². The number of nitrogens with one attached hydrogen (secondary N) is 1. The van der Waals surface area contributed by atoms with Crippen molar-refractivity contribution in [1.82, 2.24) is 5.32 Å². The van der Waals surface area contributed by atoms with Crippen molar-refractivity contribution in [2.75, 3.05) is 13.2 Å². The number of aliphatic carboxylic acids is 1. The molecule has 1 amide bonds. The van der Waals surface area contributed by atoms with Gasteiger partial charge in [0.15, 0.2) is 0 Å². The molecule has 1 fully saturated rings. The van der Waals surface area contributed by atoms with Crippen LogP contribution in [-0.4, -0.2) is 42.3 Å². The number of amides is 1. The molecule has 2 rings (SSSR count). The Morgan fingerprint density at radius 1 is 1.32 bits per heavy atom. The van der Waals surface area contributed by atoms with E-state index in [9.17, 15) is 9.59 Å². The number of carboxylic acids is 1. The summed E-state index contributed by atoms with van der Waals surface area (Å²) < 4.78 is 11.1. The second-order valence-electron chi connectivity index (χ2n) is 5.43. The molecule has 1 aromatic carbocycles. The van der Waals surface area contributed by atoms with Gasteiger partial charge in [-0.05, 0) is 31.2 Å². The molecular weight excluding hydrogens is 286 g/mol. The Morgan fingerprint density at radius 3 is 2.55 bits per heavy atom. The molecule has 22 heavy (non-hydrogen) atoms. The van der Waals surface area contributed by atoms with E-state index >= 15 is 0 Å². The SMILES string of the molecule is CC(CC(=O)O)NC(=O)c1ccc(OC2CCOCC2)cc1. The number of carboxylic acid groups (broad SMARTS) is 1. The molecule has 1 saturated heterocycles. The normalized spacial score (nSPS) is 16.8. The zero-order chi connectivity index (χ0) is 15.9. The maximum absolute atomic E-state index is 12.0. The highest BCUT2D eigenvalue weighted by Gasteiger charge is 2.16. The van der Waals surface area contributed by atoms with E-state index in [-0.39, 0.29) is 18.4 Å². The molecule has 1 heterocycles. The van der Waals surface area contributed by atoms with Crippen LogP contribution in [0.5, 0.6) is 5.75 Å². The van der Waals surface area contributed by atoms with Gasteiger partial charge in [0.05, 0.1) is 19.6 Å². The molecule has 0 aliphatic carbocycles. The van der Waals surface area contributed by atoms with Crippen molar-refractivity contribution in [3.63, 3.8) is 0 Å². The lowest BCUT2D eigenvalue weighted by molar-refractivity contribution is -0.137. The molecule has 1 aliphatic heterocycles. The maximum Gasteiger partial charge on any atom is 0.305 e. The van der Waals surface area contributed by atoms with Crippen LogP contribution in [0.2, 0.25) is 0 Å². The fourth-order valence-corrected chi connectivity index (χ4v) is 2.29. The van der Waals surface area contributed by atoms with Crippen LogP contribution in [0.3, 0.4) is 0 Å². The van der Waals surface area contributed by atoms with Gasteiger partial charge in [0, 0.05) is 24.4 Å². The van der Waals surface area contributed by atoms with Gasteiger partial charge in [0.25, 0.3) is 5.91 Å². The Bertz CT molecular complexity index is 508. The van der Waals surface area contributed by atoms with E-state index in [2.05, 4.69) is 5.32 Å². The van der Waals surface area contributed by atoms with Crippen molar-refractivity contribution in [3.05, 3.63) is 29.8 Å². The van der Waals surface area contributed by atoms with Crippen LogP contribution < -0.4 is 10.1 Å². The van der Waals surface area contributed by atoms with E-state index in [1.807, 2.05) is 0 Å². The third-order valence-corrected chi connectivity index (χ3v) is 3.45. The van der Waals surface area contributed by atoms with Crippen LogP contribution >= 0.6 is 0 Å². The van der Waals surface area contributed by atoms with Gasteiger partial charge >= 0.3 is 5.97 Å². The Morgan fingerprint density at radius 2 is 1.95 bits per heavy atom. The van der Waals surface area contributed by atoms with Gasteiger partial charge in [0.1, 0.15) is 11.9 Å². The van der Waals surface area contributed by atoms with Crippen molar-refractivity contribution < 1.29 is 24.2 Å². The molecular formula is C16H21NO5. The molecule has 120 valence electrons. The minimum Gasteiger partial charge on any atom is -0.490 e. The van der Waals surface area contributed by atoms with Gasteiger partial charge in [-0.15, -0.1) is 0 Å². The lowest BCUT2D eigenvalue weighted by Gasteiger charge is -2.23. The first-order valence-electron chi connectivity index (χ1n) is 7.41. The van der Waals surface area contributed by atoms with E-state index in [1.165, 1.54) is 0 Å². The van der Waals surface area contributed by atoms with E-state index in [1.54, 1.807) is 31.2 Å². The summed E-state index contributed by atoms with van der Waals surface area (Å²) in [7, 11) is 0. The van der Waals surface area contributed by atoms with Crippen molar-refractivity contribution in [1.29, 1.82) is 0 Å². The number of ether oxygens (including phenoxy) is 2. The zero-order valence-corrected chi connectivity index (χ0v) is 12.6. The molecule has 1 aliphatic rings. The summed E-state index contributed by atoms with van der Waals surface area (Å²) in [5, 5.41) is 11.3. The predicted molar refractivity (Wildman–Crippen MR) is 80.1 cm³/mol. The van der Waals surface area contributed by atoms with E-state index in [0.717, 1.165) is 18.6 Å². The number of rotatable bonds is 6. The number of hydrogen-bond donors (Lipinski definition) is 2. The predicted octanol–water partition coefficient (Wildman–Crippen LogP) is 1.84. The second-order valence-corrected chi connectivity index (χ2v) is 5.43. The summed E-state index contributed by atoms with van der Waals surface area (Å²) in [5.41, 5.74) is 0.483. The van der Waals surface area contributed by atoms with E-state index < -0.39 is 12.0 Å². The van der Waals surface area contributed by atoms with Crippen molar-refractivity contribution >= 4 is 11.9 Å². The average molecular weight is 307 g/mol. The molecule has 0 aromatic heterocycles. The van der Waals surface area contributed by atoms with E-state index in [0.29, 0.717) is 18.8 Å². The highest BCUT2D eigenvalue weighted by atomic mass is 16.5. The summed E-state index contributed by atoms with van der Waals surface area (Å²) in [6.07, 6.45) is 1.80. The molecule has 1 unspecified atom stereocenters. The van der Waals surface area contributed by atoms with Gasteiger partial charge in [0.2, 0.25) is 0 Å². The third kappa shape index (κ3) is 5.04. The molecule has 0 spiro atoms. The monoisotopic (exact) mass is 307 g/mol.